The van der Waals surface area contributed by atoms with E-state index in [0.717, 1.165) is 12.8 Å². The highest BCUT2D eigenvalue weighted by Crippen LogP contribution is 2.37. The Morgan fingerprint density at radius 1 is 1.75 bits per heavy atom. The van der Waals surface area contributed by atoms with Crippen LogP contribution in [0.3, 0.4) is 0 Å². The number of hydrogen-bond donors (Lipinski definition) is 0. The van der Waals surface area contributed by atoms with Crippen molar-refractivity contribution >= 4 is 12.2 Å². The Morgan fingerprint density at radius 3 is 3.12 bits per heavy atom. The fourth-order valence-electron chi connectivity index (χ4n) is 2.35. The molecule has 0 N–H and O–H groups in total. The summed E-state index contributed by atoms with van der Waals surface area (Å²) in [6, 6.07) is 0.110. The van der Waals surface area contributed by atoms with Crippen LogP contribution in [0.1, 0.15) is 26.2 Å². The van der Waals surface area contributed by atoms with Crippen LogP contribution >= 0.6 is 0 Å². The van der Waals surface area contributed by atoms with E-state index in [4.69, 9.17) is 0 Å². The van der Waals surface area contributed by atoms with E-state index in [2.05, 4.69) is 9.84 Å². The van der Waals surface area contributed by atoms with Gasteiger partial charge >= 0.3 is 5.97 Å². The number of hydrogen-bond acceptors (Lipinski definition) is 4. The molecule has 2 aliphatic heterocycles. The maximum atomic E-state index is 13.8. The summed E-state index contributed by atoms with van der Waals surface area (Å²) >= 11 is 0. The molecule has 0 saturated heterocycles. The van der Waals surface area contributed by atoms with E-state index in [1.54, 1.807) is 6.21 Å². The van der Waals surface area contributed by atoms with Gasteiger partial charge in [-0.1, -0.05) is 13.3 Å². The molecule has 0 aromatic rings. The summed E-state index contributed by atoms with van der Waals surface area (Å²) < 4.78 is 18.4. The van der Waals surface area contributed by atoms with Gasteiger partial charge in [-0.15, -0.1) is 0 Å². The molecule has 0 fully saturated rings. The molecule has 0 bridgehead atoms. The molecule has 2 aliphatic rings. The van der Waals surface area contributed by atoms with E-state index in [1.165, 1.54) is 12.1 Å². The monoisotopic (exact) mass is 226 g/mol. The number of halogens is 1. The van der Waals surface area contributed by atoms with Crippen molar-refractivity contribution in [2.75, 3.05) is 7.11 Å². The van der Waals surface area contributed by atoms with Crippen LogP contribution in [0.15, 0.2) is 16.6 Å². The molecule has 88 valence electrons. The van der Waals surface area contributed by atoms with Gasteiger partial charge in [0.15, 0.2) is 5.70 Å². The van der Waals surface area contributed by atoms with Gasteiger partial charge in [-0.3, -0.25) is 5.01 Å². The second kappa shape index (κ2) is 4.23. The van der Waals surface area contributed by atoms with Gasteiger partial charge in [0.25, 0.3) is 0 Å². The van der Waals surface area contributed by atoms with Crippen LogP contribution in [0.25, 0.3) is 0 Å². The zero-order chi connectivity index (χ0) is 11.7. The molecule has 2 rings (SSSR count). The Kier molecular flexibility index (Phi) is 2.94. The summed E-state index contributed by atoms with van der Waals surface area (Å²) in [4.78, 5) is 11.5. The van der Waals surface area contributed by atoms with Crippen LogP contribution in [0.5, 0.6) is 0 Å². The Hall–Kier alpha value is -1.39. The standard InChI is InChI=1S/C11H15FN2O2/c1-3-7-6-8(12)10(11(15)16-2)14-9(7)4-5-13-14/h5,7,9H,3-4,6H2,1-2H3. The first-order chi connectivity index (χ1) is 7.69. The predicted molar refractivity (Wildman–Crippen MR) is 57.3 cm³/mol. The lowest BCUT2D eigenvalue weighted by molar-refractivity contribution is -0.139. The number of hydrazone groups is 1. The summed E-state index contributed by atoms with van der Waals surface area (Å²) in [5.74, 6) is -0.832. The van der Waals surface area contributed by atoms with E-state index in [9.17, 15) is 9.18 Å². The molecule has 2 unspecified atom stereocenters. The smallest absolute Gasteiger partial charge is 0.358 e. The topological polar surface area (TPSA) is 41.9 Å². The highest BCUT2D eigenvalue weighted by Gasteiger charge is 2.40. The minimum absolute atomic E-state index is 0.0223. The number of carbonyl (C=O) groups excluding carboxylic acids is 1. The van der Waals surface area contributed by atoms with Crippen molar-refractivity contribution in [3.63, 3.8) is 0 Å². The van der Waals surface area contributed by atoms with Crippen molar-refractivity contribution in [1.29, 1.82) is 0 Å². The third-order valence-corrected chi connectivity index (χ3v) is 3.24. The number of allylic oxidation sites excluding steroid dienone is 1. The lowest BCUT2D eigenvalue weighted by Gasteiger charge is -2.35. The van der Waals surface area contributed by atoms with Crippen molar-refractivity contribution in [2.24, 2.45) is 11.0 Å². The molecule has 4 nitrogen and oxygen atoms in total. The van der Waals surface area contributed by atoms with Gasteiger partial charge in [-0.05, 0) is 5.92 Å². The zero-order valence-corrected chi connectivity index (χ0v) is 9.44. The van der Waals surface area contributed by atoms with Gasteiger partial charge in [0.05, 0.1) is 13.2 Å². The van der Waals surface area contributed by atoms with E-state index in [-0.39, 0.29) is 17.7 Å². The third-order valence-electron chi connectivity index (χ3n) is 3.24. The molecule has 0 aromatic carbocycles. The lowest BCUT2D eigenvalue weighted by atomic mass is 9.87. The molecule has 2 atom stereocenters. The highest BCUT2D eigenvalue weighted by atomic mass is 19.1. The van der Waals surface area contributed by atoms with Gasteiger partial charge in [0, 0.05) is 19.1 Å². The summed E-state index contributed by atoms with van der Waals surface area (Å²) in [5, 5.41) is 5.55. The summed E-state index contributed by atoms with van der Waals surface area (Å²) in [6.07, 6.45) is 3.69. The average Bonchev–Trinajstić information content (AvgIpc) is 2.75. The number of nitrogens with zero attached hydrogens (tertiary/aromatic N) is 2. The van der Waals surface area contributed by atoms with Crippen molar-refractivity contribution in [2.45, 2.75) is 32.2 Å². The zero-order valence-electron chi connectivity index (χ0n) is 9.44. The first-order valence-electron chi connectivity index (χ1n) is 5.47. The molecular formula is C11H15FN2O2. The number of esters is 1. The molecule has 0 amide bonds. The van der Waals surface area contributed by atoms with Crippen molar-refractivity contribution < 1.29 is 13.9 Å². The number of rotatable bonds is 2. The molecule has 0 saturated carbocycles. The minimum Gasteiger partial charge on any atom is -0.464 e. The maximum Gasteiger partial charge on any atom is 0.358 e. The summed E-state index contributed by atoms with van der Waals surface area (Å²) in [7, 11) is 1.25. The van der Waals surface area contributed by atoms with Gasteiger partial charge in [0.1, 0.15) is 5.83 Å². The molecule has 0 aliphatic carbocycles. The quantitative estimate of drug-likeness (QED) is 0.674. The molecular weight excluding hydrogens is 211 g/mol. The second-order valence-electron chi connectivity index (χ2n) is 4.06. The molecule has 0 aromatic heterocycles. The largest absolute Gasteiger partial charge is 0.464 e. The van der Waals surface area contributed by atoms with Crippen molar-refractivity contribution in [3.05, 3.63) is 11.5 Å². The van der Waals surface area contributed by atoms with E-state index < -0.39 is 11.8 Å². The summed E-state index contributed by atoms with van der Waals surface area (Å²) in [5.41, 5.74) is -0.0223. The Bertz CT molecular complexity index is 365. The van der Waals surface area contributed by atoms with Gasteiger partial charge < -0.3 is 4.74 Å². The average molecular weight is 226 g/mol. The SMILES string of the molecule is CCC1CC(F)=C(C(=O)OC)N2N=CCC12. The third kappa shape index (κ3) is 1.60. The highest BCUT2D eigenvalue weighted by molar-refractivity contribution is 5.89. The molecule has 5 heteroatoms. The normalized spacial score (nSPS) is 28.3. The Labute approximate surface area is 93.8 Å². The molecule has 0 radical (unpaired) electrons. The molecule has 0 spiro atoms. The number of ether oxygens (including phenoxy) is 1. The Morgan fingerprint density at radius 2 is 2.50 bits per heavy atom. The maximum absolute atomic E-state index is 13.8. The first-order valence-corrected chi connectivity index (χ1v) is 5.47. The van der Waals surface area contributed by atoms with Crippen molar-refractivity contribution in [1.82, 2.24) is 5.01 Å². The minimum atomic E-state index is -0.642. The number of methoxy groups -OCH3 is 1. The van der Waals surface area contributed by atoms with Crippen LogP contribution in [-0.2, 0) is 9.53 Å². The Balaban J connectivity index is 2.34. The van der Waals surface area contributed by atoms with Crippen molar-refractivity contribution in [3.8, 4) is 0 Å². The predicted octanol–water partition coefficient (Wildman–Crippen LogP) is 1.83. The van der Waals surface area contributed by atoms with E-state index in [1.807, 2.05) is 6.92 Å². The fourth-order valence-corrected chi connectivity index (χ4v) is 2.35. The first kappa shape index (κ1) is 11.1. The fraction of sp³-hybridized carbons (Fsp3) is 0.636. The van der Waals surface area contributed by atoms with E-state index >= 15 is 0 Å². The van der Waals surface area contributed by atoms with Crippen LogP contribution in [0.2, 0.25) is 0 Å². The lowest BCUT2D eigenvalue weighted by Crippen LogP contribution is -2.40. The second-order valence-corrected chi connectivity index (χ2v) is 4.06. The van der Waals surface area contributed by atoms with E-state index in [0.29, 0.717) is 6.42 Å². The van der Waals surface area contributed by atoms with Gasteiger partial charge in [0.2, 0.25) is 0 Å². The summed E-state index contributed by atoms with van der Waals surface area (Å²) in [6.45, 7) is 2.03. The van der Waals surface area contributed by atoms with Crippen LogP contribution in [0.4, 0.5) is 4.39 Å². The number of carbonyl (C=O) groups is 1. The van der Waals surface area contributed by atoms with Crippen LogP contribution < -0.4 is 0 Å². The number of fused-ring (bicyclic) bond motifs is 1. The van der Waals surface area contributed by atoms with Crippen LogP contribution in [0, 0.1) is 5.92 Å². The van der Waals surface area contributed by atoms with Gasteiger partial charge in [-0.25, -0.2) is 9.18 Å². The van der Waals surface area contributed by atoms with Crippen LogP contribution in [-0.4, -0.2) is 30.3 Å². The van der Waals surface area contributed by atoms with Gasteiger partial charge in [-0.2, -0.15) is 5.10 Å². The molecule has 16 heavy (non-hydrogen) atoms. The molecule has 2 heterocycles.